The molecule has 0 aromatic carbocycles. The molecule has 0 saturated carbocycles. The molecule has 3 aromatic heterocycles. The van der Waals surface area contributed by atoms with Crippen molar-refractivity contribution in [2.75, 3.05) is 5.32 Å². The van der Waals surface area contributed by atoms with Crippen LogP contribution in [0.1, 0.15) is 49.1 Å². The first-order chi connectivity index (χ1) is 19.2. The van der Waals surface area contributed by atoms with Gasteiger partial charge in [0.25, 0.3) is 0 Å². The molecule has 0 radical (unpaired) electrons. The van der Waals surface area contributed by atoms with Gasteiger partial charge in [-0.05, 0) is 31.9 Å². The van der Waals surface area contributed by atoms with Gasteiger partial charge in [-0.25, -0.2) is 9.37 Å². The van der Waals surface area contributed by atoms with Crippen molar-refractivity contribution in [3.05, 3.63) is 132 Å². The van der Waals surface area contributed by atoms with Gasteiger partial charge < -0.3 is 16.0 Å². The van der Waals surface area contributed by atoms with Crippen molar-refractivity contribution in [1.29, 1.82) is 0 Å². The zero-order chi connectivity index (χ0) is 29.8. The highest BCUT2D eigenvalue weighted by Crippen LogP contribution is 2.31. The third kappa shape index (κ3) is 7.78. The first-order valence-electron chi connectivity index (χ1n) is 12.7. The Kier molecular flexibility index (Phi) is 11.6. The van der Waals surface area contributed by atoms with Gasteiger partial charge >= 0.3 is 0 Å². The molecule has 6 nitrogen and oxygen atoms in total. The molecule has 40 heavy (non-hydrogen) atoms. The van der Waals surface area contributed by atoms with Crippen molar-refractivity contribution < 1.29 is 4.39 Å². The van der Waals surface area contributed by atoms with Crippen LogP contribution >= 0.6 is 0 Å². The molecule has 0 spiro atoms. The molecule has 0 aliphatic rings. The average Bonchev–Trinajstić information content (AvgIpc) is 3.34. The van der Waals surface area contributed by atoms with Crippen molar-refractivity contribution in [3.8, 4) is 12.8 Å². The molecule has 3 heterocycles. The number of allylic oxidation sites excluding steroid dienone is 7. The van der Waals surface area contributed by atoms with E-state index in [2.05, 4.69) is 52.9 Å². The number of nitrogens with one attached hydrogen (secondary N) is 2. The summed E-state index contributed by atoms with van der Waals surface area (Å²) >= 11 is 0. The Bertz CT molecular complexity index is 1470. The Morgan fingerprint density at radius 3 is 2.48 bits per heavy atom. The summed E-state index contributed by atoms with van der Waals surface area (Å²) < 4.78 is 16.0. The number of anilines is 1. The molecule has 4 N–H and O–H groups in total. The highest BCUT2D eigenvalue weighted by atomic mass is 19.1. The van der Waals surface area contributed by atoms with Crippen LogP contribution in [0, 0.1) is 25.7 Å². The lowest BCUT2D eigenvalue weighted by molar-refractivity contribution is 0.656. The van der Waals surface area contributed by atoms with Gasteiger partial charge in [0.15, 0.2) is 0 Å². The smallest absolute Gasteiger partial charge is 0.136 e. The summed E-state index contributed by atoms with van der Waals surface area (Å²) in [4.78, 5) is 16.5. The summed E-state index contributed by atoms with van der Waals surface area (Å²) in [6.45, 7) is 19.6. The predicted molar refractivity (Wildman–Crippen MR) is 165 cm³/mol. The van der Waals surface area contributed by atoms with Gasteiger partial charge in [0.05, 0.1) is 17.6 Å². The molecule has 3 aromatic rings. The number of nitrogens with two attached hydrogens (primary N) is 1. The second kappa shape index (κ2) is 14.8. The van der Waals surface area contributed by atoms with Crippen LogP contribution in [0.4, 0.5) is 10.1 Å². The standard InChI is InChI=1S/C31H35FN6.C2H2/c1-8-11-26(23-12-10-13-34-16-23)31-22(7)37-29(38-31)15-27(28(33)9-2)30(32)20(5)24-14-25(18-35-17-24)36-21(6)19(3)4;1-2/h8-14,16-19,36H,1,5-6,15,33H2,2-4,7H3,(H,37,38);1-2H/b26-11-,28-9+,30-27+;. The maximum atomic E-state index is 16.0. The molecule has 3 rings (SSSR count). The van der Waals surface area contributed by atoms with Gasteiger partial charge in [0, 0.05) is 69.9 Å². The number of nitrogens with zero attached hydrogens (tertiary/aromatic N) is 3. The SMILES string of the molecule is C#C.C=C/C=C(/c1cccnc1)c1nc(CC(/C(N)=C\C)=C(\F)C(=C)c2cncc(NC(=C)C(C)C)c2)[nH]c1C. The van der Waals surface area contributed by atoms with Crippen LogP contribution in [0.2, 0.25) is 0 Å². The zero-order valence-electron chi connectivity index (χ0n) is 23.6. The molecule has 7 heteroatoms. The zero-order valence-corrected chi connectivity index (χ0v) is 23.6. The maximum Gasteiger partial charge on any atom is 0.136 e. The summed E-state index contributed by atoms with van der Waals surface area (Å²) in [6.07, 6.45) is 20.1. The quantitative estimate of drug-likeness (QED) is 0.177. The minimum Gasteiger partial charge on any atom is -0.399 e. The third-order valence-electron chi connectivity index (χ3n) is 6.07. The fraction of sp³-hybridized carbons (Fsp3) is 0.182. The first kappa shape index (κ1) is 31.3. The molecule has 206 valence electrons. The molecule has 0 fully saturated rings. The topological polar surface area (TPSA) is 92.5 Å². The van der Waals surface area contributed by atoms with E-state index in [-0.39, 0.29) is 17.9 Å². The number of halogens is 1. The number of aromatic nitrogens is 4. The predicted octanol–water partition coefficient (Wildman–Crippen LogP) is 7.30. The second-order valence-corrected chi connectivity index (χ2v) is 9.17. The Hall–Kier alpha value is -4.96. The normalized spacial score (nSPS) is 12.2. The Balaban J connectivity index is 0.00000274. The van der Waals surface area contributed by atoms with Crippen LogP contribution in [-0.4, -0.2) is 19.9 Å². The number of aryl methyl sites for hydroxylation is 1. The number of hydrogen-bond donors (Lipinski definition) is 3. The monoisotopic (exact) mass is 536 g/mol. The number of aromatic amines is 1. The number of rotatable bonds is 11. The second-order valence-electron chi connectivity index (χ2n) is 9.17. The number of H-pyrrole nitrogens is 1. The molecule has 0 unspecified atom stereocenters. The van der Waals surface area contributed by atoms with Crippen LogP contribution < -0.4 is 11.1 Å². The van der Waals surface area contributed by atoms with Gasteiger partial charge in [-0.3, -0.25) is 9.97 Å². The van der Waals surface area contributed by atoms with Crippen molar-refractivity contribution in [2.24, 2.45) is 11.7 Å². The van der Waals surface area contributed by atoms with Crippen LogP contribution in [-0.2, 0) is 6.42 Å². The van der Waals surface area contributed by atoms with Crippen LogP contribution in [0.5, 0.6) is 0 Å². The summed E-state index contributed by atoms with van der Waals surface area (Å²) in [5.74, 6) is 0.286. The van der Waals surface area contributed by atoms with E-state index < -0.39 is 5.83 Å². The lowest BCUT2D eigenvalue weighted by Gasteiger charge is -2.15. The summed E-state index contributed by atoms with van der Waals surface area (Å²) in [5, 5.41) is 3.22. The fourth-order valence-corrected chi connectivity index (χ4v) is 3.78. The molecular weight excluding hydrogens is 499 g/mol. The van der Waals surface area contributed by atoms with Gasteiger partial charge in [-0.2, -0.15) is 0 Å². The first-order valence-corrected chi connectivity index (χ1v) is 12.7. The highest BCUT2D eigenvalue weighted by Gasteiger charge is 2.19. The van der Waals surface area contributed by atoms with Crippen molar-refractivity contribution in [2.45, 2.75) is 34.1 Å². The number of terminal acetylenes is 1. The van der Waals surface area contributed by atoms with Gasteiger partial charge in [0.2, 0.25) is 0 Å². The van der Waals surface area contributed by atoms with Crippen molar-refractivity contribution in [3.63, 3.8) is 0 Å². The van der Waals surface area contributed by atoms with E-state index in [0.29, 0.717) is 28.3 Å². The highest BCUT2D eigenvalue weighted by molar-refractivity contribution is 5.80. The van der Waals surface area contributed by atoms with Crippen molar-refractivity contribution >= 4 is 16.8 Å². The van der Waals surface area contributed by atoms with Gasteiger partial charge in [-0.15, -0.1) is 12.8 Å². The fourth-order valence-electron chi connectivity index (χ4n) is 3.78. The lowest BCUT2D eigenvalue weighted by Crippen LogP contribution is -2.08. The number of pyridine rings is 2. The number of hydrogen-bond acceptors (Lipinski definition) is 5. The molecule has 0 atom stereocenters. The average molecular weight is 537 g/mol. The van der Waals surface area contributed by atoms with E-state index in [9.17, 15) is 0 Å². The van der Waals surface area contributed by atoms with E-state index in [1.165, 1.54) is 0 Å². The Labute approximate surface area is 237 Å². The molecule has 0 aliphatic heterocycles. The Morgan fingerprint density at radius 1 is 1.18 bits per heavy atom. The summed E-state index contributed by atoms with van der Waals surface area (Å²) in [5.41, 5.74) is 12.5. The minimum atomic E-state index is -0.521. The molecular formula is C33H37FN6. The molecule has 0 amide bonds. The van der Waals surface area contributed by atoms with Crippen molar-refractivity contribution in [1.82, 2.24) is 19.9 Å². The summed E-state index contributed by atoms with van der Waals surface area (Å²) in [7, 11) is 0. The summed E-state index contributed by atoms with van der Waals surface area (Å²) in [6, 6.07) is 5.61. The molecule has 0 bridgehead atoms. The third-order valence-corrected chi connectivity index (χ3v) is 6.07. The van der Waals surface area contributed by atoms with Crippen LogP contribution in [0.3, 0.4) is 0 Å². The van der Waals surface area contributed by atoms with E-state index >= 15 is 4.39 Å². The van der Waals surface area contributed by atoms with Gasteiger partial charge in [-0.1, -0.05) is 57.9 Å². The maximum absolute atomic E-state index is 16.0. The lowest BCUT2D eigenvalue weighted by atomic mass is 10.00. The van der Waals surface area contributed by atoms with Crippen LogP contribution in [0.25, 0.3) is 11.1 Å². The van der Waals surface area contributed by atoms with Crippen LogP contribution in [0.15, 0.2) is 104 Å². The molecule has 0 aliphatic carbocycles. The number of imidazole rings is 1. The van der Waals surface area contributed by atoms with Gasteiger partial charge in [0.1, 0.15) is 11.7 Å². The Morgan fingerprint density at radius 2 is 1.88 bits per heavy atom. The largest absolute Gasteiger partial charge is 0.399 e. The van der Waals surface area contributed by atoms with E-state index in [1.807, 2.05) is 39.0 Å². The van der Waals surface area contributed by atoms with E-state index in [0.717, 1.165) is 28.2 Å². The van der Waals surface area contributed by atoms with E-state index in [1.54, 1.807) is 49.9 Å². The van der Waals surface area contributed by atoms with E-state index in [4.69, 9.17) is 10.7 Å². The minimum absolute atomic E-state index is 0.145. The molecule has 0 saturated heterocycles.